The molecule has 34 heavy (non-hydrogen) atoms. The Kier molecular flexibility index (Phi) is 5.42. The van der Waals surface area contributed by atoms with Gasteiger partial charge in [0.05, 0.1) is 12.2 Å². The highest BCUT2D eigenvalue weighted by Gasteiger charge is 2.28. The van der Waals surface area contributed by atoms with Gasteiger partial charge < -0.3 is 18.6 Å². The molecule has 0 saturated heterocycles. The second-order valence-electron chi connectivity index (χ2n) is 8.02. The van der Waals surface area contributed by atoms with Crippen LogP contribution in [0.25, 0.3) is 17.0 Å². The van der Waals surface area contributed by atoms with Crippen LogP contribution in [0.3, 0.4) is 0 Å². The summed E-state index contributed by atoms with van der Waals surface area (Å²) in [6, 6.07) is 17.8. The fourth-order valence-electron chi connectivity index (χ4n) is 3.91. The molecule has 0 N–H and O–H groups in total. The van der Waals surface area contributed by atoms with Gasteiger partial charge in [0, 0.05) is 11.5 Å². The second-order valence-corrected chi connectivity index (χ2v) is 8.02. The van der Waals surface area contributed by atoms with E-state index in [1.807, 2.05) is 38.1 Å². The number of Topliss-reactive ketones (excluding diaryl/α,β-unsaturated/α-hetero) is 1. The molecule has 6 nitrogen and oxygen atoms in total. The first kappa shape index (κ1) is 21.5. The van der Waals surface area contributed by atoms with Crippen LogP contribution in [0.1, 0.15) is 44.5 Å². The van der Waals surface area contributed by atoms with Gasteiger partial charge in [-0.05, 0) is 62.7 Å². The summed E-state index contributed by atoms with van der Waals surface area (Å²) >= 11 is 0. The molecule has 5 rings (SSSR count). The summed E-state index contributed by atoms with van der Waals surface area (Å²) < 4.78 is 22.7. The van der Waals surface area contributed by atoms with Crippen LogP contribution in [-0.4, -0.2) is 18.4 Å². The summed E-state index contributed by atoms with van der Waals surface area (Å²) in [6.45, 7) is 6.11. The smallest absolute Gasteiger partial charge is 0.347 e. The summed E-state index contributed by atoms with van der Waals surface area (Å²) in [5, 5.41) is 0.615. The Morgan fingerprint density at radius 3 is 2.50 bits per heavy atom. The van der Waals surface area contributed by atoms with E-state index in [4.69, 9.17) is 18.6 Å². The lowest BCUT2D eigenvalue weighted by Gasteiger charge is -2.06. The number of hydrogen-bond donors (Lipinski definition) is 0. The number of carbonyl (C=O) groups is 2. The monoisotopic (exact) mass is 454 g/mol. The number of ketones is 1. The molecule has 3 aromatic carbocycles. The summed E-state index contributed by atoms with van der Waals surface area (Å²) in [5.74, 6) is 1.15. The fourth-order valence-corrected chi connectivity index (χ4v) is 3.91. The highest BCUT2D eigenvalue weighted by Crippen LogP contribution is 2.36. The number of benzene rings is 3. The van der Waals surface area contributed by atoms with Gasteiger partial charge in [0.25, 0.3) is 0 Å². The summed E-state index contributed by atoms with van der Waals surface area (Å²) in [5.41, 5.74) is 3.31. The third kappa shape index (κ3) is 3.94. The Hall–Kier alpha value is -4.32. The second kappa shape index (κ2) is 8.56. The van der Waals surface area contributed by atoms with Gasteiger partial charge in [0.2, 0.25) is 5.78 Å². The minimum absolute atomic E-state index is 0.214. The molecule has 0 amide bonds. The van der Waals surface area contributed by atoms with Crippen LogP contribution in [-0.2, 0) is 0 Å². The van der Waals surface area contributed by atoms with Crippen molar-refractivity contribution in [3.8, 4) is 17.2 Å². The lowest BCUT2D eigenvalue weighted by atomic mass is 10.1. The standard InChI is InChI=1S/C28H22O6/c1-4-31-19-10-12-23-22(14-19)26(17(3)32-23)28(30)33-20-9-11-21-24(15-20)34-25(27(21)29)13-18-7-5-16(2)6-8-18/h5-15H,4H2,1-3H3/b25-13-. The van der Waals surface area contributed by atoms with Gasteiger partial charge in [-0.2, -0.15) is 0 Å². The normalized spacial score (nSPS) is 13.7. The topological polar surface area (TPSA) is 75.0 Å². The van der Waals surface area contributed by atoms with Crippen molar-refractivity contribution in [1.29, 1.82) is 0 Å². The number of fused-ring (bicyclic) bond motifs is 2. The third-order valence-corrected chi connectivity index (χ3v) is 5.58. The van der Waals surface area contributed by atoms with Crippen molar-refractivity contribution in [3.05, 3.63) is 94.4 Å². The van der Waals surface area contributed by atoms with Gasteiger partial charge in [0.15, 0.2) is 5.76 Å². The van der Waals surface area contributed by atoms with E-state index in [1.165, 1.54) is 0 Å². The van der Waals surface area contributed by atoms with E-state index in [9.17, 15) is 9.59 Å². The average molecular weight is 454 g/mol. The molecule has 0 fully saturated rings. The van der Waals surface area contributed by atoms with E-state index in [2.05, 4.69) is 0 Å². The molecular formula is C28H22O6. The van der Waals surface area contributed by atoms with E-state index in [0.717, 1.165) is 11.1 Å². The molecule has 0 bridgehead atoms. The number of hydrogen-bond acceptors (Lipinski definition) is 6. The Morgan fingerprint density at radius 2 is 1.74 bits per heavy atom. The minimum atomic E-state index is -0.565. The fraction of sp³-hybridized carbons (Fsp3) is 0.143. The van der Waals surface area contributed by atoms with E-state index in [1.54, 1.807) is 49.4 Å². The number of furan rings is 1. The highest BCUT2D eigenvalue weighted by molar-refractivity contribution is 6.14. The number of carbonyl (C=O) groups excluding carboxylic acids is 2. The molecule has 6 heteroatoms. The molecule has 170 valence electrons. The van der Waals surface area contributed by atoms with E-state index >= 15 is 0 Å². The van der Waals surface area contributed by atoms with E-state index < -0.39 is 5.97 Å². The molecule has 1 aliphatic heterocycles. The predicted molar refractivity (Wildman–Crippen MR) is 128 cm³/mol. The van der Waals surface area contributed by atoms with Crippen molar-refractivity contribution in [1.82, 2.24) is 0 Å². The number of esters is 1. The minimum Gasteiger partial charge on any atom is -0.494 e. The number of rotatable bonds is 5. The van der Waals surface area contributed by atoms with Crippen molar-refractivity contribution in [2.24, 2.45) is 0 Å². The van der Waals surface area contributed by atoms with E-state index in [0.29, 0.717) is 46.0 Å². The van der Waals surface area contributed by atoms with Crippen LogP contribution in [0, 0.1) is 13.8 Å². The van der Waals surface area contributed by atoms with Crippen molar-refractivity contribution < 1.29 is 28.2 Å². The van der Waals surface area contributed by atoms with Crippen LogP contribution in [0.15, 0.2) is 70.8 Å². The maximum Gasteiger partial charge on any atom is 0.347 e. The van der Waals surface area contributed by atoms with Crippen LogP contribution in [0.4, 0.5) is 0 Å². The van der Waals surface area contributed by atoms with Gasteiger partial charge in [-0.1, -0.05) is 29.8 Å². The Morgan fingerprint density at radius 1 is 0.971 bits per heavy atom. The quantitative estimate of drug-likeness (QED) is 0.201. The summed E-state index contributed by atoms with van der Waals surface area (Å²) in [4.78, 5) is 25.8. The predicted octanol–water partition coefficient (Wildman–Crippen LogP) is 6.28. The van der Waals surface area contributed by atoms with Gasteiger partial charge in [-0.15, -0.1) is 0 Å². The third-order valence-electron chi connectivity index (χ3n) is 5.58. The Labute approximate surface area is 196 Å². The van der Waals surface area contributed by atoms with E-state index in [-0.39, 0.29) is 17.3 Å². The number of aryl methyl sites for hydroxylation is 2. The zero-order valence-electron chi connectivity index (χ0n) is 19.0. The molecule has 0 saturated carbocycles. The Balaban J connectivity index is 1.40. The van der Waals surface area contributed by atoms with Gasteiger partial charge in [0.1, 0.15) is 34.2 Å². The molecule has 0 radical (unpaired) electrons. The maximum atomic E-state index is 13.0. The molecule has 1 aliphatic rings. The molecular weight excluding hydrogens is 432 g/mol. The first-order chi connectivity index (χ1) is 16.4. The van der Waals surface area contributed by atoms with Crippen LogP contribution < -0.4 is 14.2 Å². The molecule has 0 unspecified atom stereocenters. The van der Waals surface area contributed by atoms with Crippen LogP contribution in [0.2, 0.25) is 0 Å². The molecule has 0 atom stereocenters. The molecule has 2 heterocycles. The van der Waals surface area contributed by atoms with Crippen molar-refractivity contribution in [2.45, 2.75) is 20.8 Å². The molecule has 4 aromatic rings. The van der Waals surface area contributed by atoms with Gasteiger partial charge in [-0.3, -0.25) is 4.79 Å². The highest BCUT2D eigenvalue weighted by atomic mass is 16.5. The maximum absolute atomic E-state index is 13.0. The lowest BCUT2D eigenvalue weighted by Crippen LogP contribution is -2.09. The zero-order valence-corrected chi connectivity index (χ0v) is 19.0. The van der Waals surface area contributed by atoms with Crippen LogP contribution in [0.5, 0.6) is 17.2 Å². The summed E-state index contributed by atoms with van der Waals surface area (Å²) in [7, 11) is 0. The Bertz CT molecular complexity index is 1460. The number of ether oxygens (including phenoxy) is 3. The van der Waals surface area contributed by atoms with Gasteiger partial charge >= 0.3 is 5.97 Å². The van der Waals surface area contributed by atoms with Crippen LogP contribution >= 0.6 is 0 Å². The SMILES string of the molecule is CCOc1ccc2oc(C)c(C(=O)Oc3ccc4c(c3)O/C(=C\c3ccc(C)cc3)C4=O)c2c1. The molecule has 0 aliphatic carbocycles. The lowest BCUT2D eigenvalue weighted by molar-refractivity contribution is 0.0734. The molecule has 0 spiro atoms. The van der Waals surface area contributed by atoms with Gasteiger partial charge in [-0.25, -0.2) is 4.79 Å². The van der Waals surface area contributed by atoms with Crippen molar-refractivity contribution >= 4 is 28.8 Å². The average Bonchev–Trinajstić information content (AvgIpc) is 3.30. The molecule has 1 aromatic heterocycles. The summed E-state index contributed by atoms with van der Waals surface area (Å²) in [6.07, 6.45) is 1.70. The zero-order chi connectivity index (χ0) is 23.8. The van der Waals surface area contributed by atoms with Crippen molar-refractivity contribution in [2.75, 3.05) is 6.61 Å². The number of allylic oxidation sites excluding steroid dienone is 1. The largest absolute Gasteiger partial charge is 0.494 e. The first-order valence-corrected chi connectivity index (χ1v) is 11.0. The first-order valence-electron chi connectivity index (χ1n) is 11.0. The van der Waals surface area contributed by atoms with Crippen molar-refractivity contribution in [3.63, 3.8) is 0 Å².